The number of alkyl halides is 1. The molecule has 6 heteroatoms. The number of ketones is 2. The number of carbonyl (C=O) groups excluding carboxylic acids is 2. The van der Waals surface area contributed by atoms with Crippen LogP contribution in [0.3, 0.4) is 0 Å². The minimum atomic E-state index is -1.12. The molecule has 0 bridgehead atoms. The first-order chi connectivity index (χ1) is 14.0. The van der Waals surface area contributed by atoms with Gasteiger partial charge in [0.25, 0.3) is 0 Å². The molecule has 30 heavy (non-hydrogen) atoms. The number of ether oxygens (including phenoxy) is 2. The van der Waals surface area contributed by atoms with Gasteiger partial charge >= 0.3 is 0 Å². The van der Waals surface area contributed by atoms with Crippen molar-refractivity contribution in [2.75, 3.05) is 5.88 Å². The van der Waals surface area contributed by atoms with Gasteiger partial charge in [-0.05, 0) is 63.5 Å². The molecule has 0 radical (unpaired) electrons. The molecular weight excluding hydrogens is 404 g/mol. The van der Waals surface area contributed by atoms with Gasteiger partial charge in [0.1, 0.15) is 0 Å². The smallest absolute Gasteiger partial charge is 0.182 e. The highest BCUT2D eigenvalue weighted by molar-refractivity contribution is 6.29. The maximum Gasteiger partial charge on any atom is 0.182 e. The molecule has 1 heterocycles. The van der Waals surface area contributed by atoms with E-state index in [2.05, 4.69) is 13.8 Å². The topological polar surface area (TPSA) is 72.8 Å². The summed E-state index contributed by atoms with van der Waals surface area (Å²) >= 11 is 6.08. The van der Waals surface area contributed by atoms with E-state index in [4.69, 9.17) is 21.1 Å². The lowest BCUT2D eigenvalue weighted by Crippen LogP contribution is -2.63. The van der Waals surface area contributed by atoms with Crippen LogP contribution in [0.1, 0.15) is 53.4 Å². The molecule has 164 valence electrons. The summed E-state index contributed by atoms with van der Waals surface area (Å²) in [5, 5.41) is 11.5. The Kier molecular flexibility index (Phi) is 4.37. The van der Waals surface area contributed by atoms with Crippen LogP contribution in [-0.4, -0.2) is 46.1 Å². The summed E-state index contributed by atoms with van der Waals surface area (Å²) in [6.45, 7) is 7.94. The van der Waals surface area contributed by atoms with Crippen molar-refractivity contribution in [2.45, 2.75) is 77.0 Å². The zero-order valence-electron chi connectivity index (χ0n) is 18.1. The van der Waals surface area contributed by atoms with Gasteiger partial charge in [0.05, 0.1) is 18.1 Å². The number of carbonyl (C=O) groups is 2. The lowest BCUT2D eigenvalue weighted by atomic mass is 9.46. The third-order valence-electron chi connectivity index (χ3n) is 9.02. The fraction of sp³-hybridized carbons (Fsp3) is 0.750. The molecule has 0 amide bonds. The van der Waals surface area contributed by atoms with Crippen molar-refractivity contribution in [1.82, 2.24) is 0 Å². The molecular formula is C24H31ClO5. The second-order valence-corrected chi connectivity index (χ2v) is 11.1. The zero-order valence-corrected chi connectivity index (χ0v) is 18.9. The second-order valence-electron chi connectivity index (χ2n) is 10.8. The van der Waals surface area contributed by atoms with Crippen LogP contribution in [0, 0.1) is 28.6 Å². The highest BCUT2D eigenvalue weighted by Crippen LogP contribution is 2.70. The summed E-state index contributed by atoms with van der Waals surface area (Å²) in [5.74, 6) is -0.678. The Labute approximate surface area is 182 Å². The maximum absolute atomic E-state index is 13.3. The van der Waals surface area contributed by atoms with Crippen LogP contribution in [-0.2, 0) is 19.1 Å². The number of rotatable bonds is 2. The predicted octanol–water partition coefficient (Wildman–Crippen LogP) is 3.57. The van der Waals surface area contributed by atoms with Gasteiger partial charge in [0, 0.05) is 16.7 Å². The number of hydrogen-bond donors (Lipinski definition) is 1. The van der Waals surface area contributed by atoms with Crippen molar-refractivity contribution in [3.8, 4) is 0 Å². The van der Waals surface area contributed by atoms with Gasteiger partial charge in [-0.3, -0.25) is 9.59 Å². The third kappa shape index (κ3) is 2.41. The highest BCUT2D eigenvalue weighted by atomic mass is 35.5. The number of Topliss-reactive ketones (excluding diaryl/α,β-unsaturated/α-hetero) is 1. The maximum atomic E-state index is 13.3. The Balaban J connectivity index is 1.59. The fourth-order valence-corrected chi connectivity index (χ4v) is 8.22. The highest BCUT2D eigenvalue weighted by Gasteiger charge is 2.76. The molecule has 4 fully saturated rings. The van der Waals surface area contributed by atoms with Crippen LogP contribution < -0.4 is 0 Å². The number of aliphatic hydroxyl groups excluding tert-OH is 1. The van der Waals surface area contributed by atoms with Gasteiger partial charge < -0.3 is 14.6 Å². The molecule has 0 spiro atoms. The van der Waals surface area contributed by atoms with Crippen molar-refractivity contribution in [2.24, 2.45) is 28.6 Å². The molecule has 5 rings (SSSR count). The Hall–Kier alpha value is -1.01. The number of hydrogen-bond acceptors (Lipinski definition) is 5. The minimum Gasteiger partial charge on any atom is -0.393 e. The zero-order chi connectivity index (χ0) is 21.7. The van der Waals surface area contributed by atoms with E-state index in [1.165, 1.54) is 0 Å². The van der Waals surface area contributed by atoms with Crippen LogP contribution in [0.15, 0.2) is 23.8 Å². The minimum absolute atomic E-state index is 0.00918. The van der Waals surface area contributed by atoms with Gasteiger partial charge in [0.15, 0.2) is 23.0 Å². The predicted molar refractivity (Wildman–Crippen MR) is 112 cm³/mol. The van der Waals surface area contributed by atoms with Gasteiger partial charge in [-0.1, -0.05) is 25.5 Å². The Morgan fingerprint density at radius 3 is 2.73 bits per heavy atom. The molecule has 3 saturated carbocycles. The number of fused-ring (bicyclic) bond motifs is 7. The van der Waals surface area contributed by atoms with Gasteiger partial charge in [0.2, 0.25) is 0 Å². The number of aliphatic hydroxyl groups is 1. The van der Waals surface area contributed by atoms with Gasteiger partial charge in [-0.2, -0.15) is 0 Å². The molecule has 5 aliphatic rings. The van der Waals surface area contributed by atoms with Crippen molar-refractivity contribution < 1.29 is 24.2 Å². The molecule has 0 aromatic carbocycles. The molecule has 4 aliphatic carbocycles. The second kappa shape index (κ2) is 6.28. The van der Waals surface area contributed by atoms with Crippen molar-refractivity contribution in [3.05, 3.63) is 23.8 Å². The van der Waals surface area contributed by atoms with E-state index in [-0.39, 0.29) is 46.7 Å². The van der Waals surface area contributed by atoms with Crippen LogP contribution in [0.25, 0.3) is 0 Å². The van der Waals surface area contributed by atoms with E-state index < -0.39 is 22.9 Å². The van der Waals surface area contributed by atoms with Crippen molar-refractivity contribution >= 4 is 23.2 Å². The van der Waals surface area contributed by atoms with E-state index in [0.29, 0.717) is 6.42 Å². The quantitative estimate of drug-likeness (QED) is 0.672. The molecule has 1 saturated heterocycles. The summed E-state index contributed by atoms with van der Waals surface area (Å²) in [5.41, 5.74) is -0.884. The van der Waals surface area contributed by atoms with E-state index in [1.54, 1.807) is 12.2 Å². The van der Waals surface area contributed by atoms with Crippen LogP contribution >= 0.6 is 11.6 Å². The first-order valence-corrected chi connectivity index (χ1v) is 11.6. The first kappa shape index (κ1) is 20.9. The summed E-state index contributed by atoms with van der Waals surface area (Å²) in [4.78, 5) is 25.3. The summed E-state index contributed by atoms with van der Waals surface area (Å²) < 4.78 is 12.7. The van der Waals surface area contributed by atoms with Gasteiger partial charge in [-0.25, -0.2) is 0 Å². The average Bonchev–Trinajstić information content (AvgIpc) is 3.07. The monoisotopic (exact) mass is 434 g/mol. The summed E-state index contributed by atoms with van der Waals surface area (Å²) in [6.07, 6.45) is 7.36. The molecule has 1 aliphatic heterocycles. The van der Waals surface area contributed by atoms with Crippen LogP contribution in [0.4, 0.5) is 0 Å². The molecule has 0 aromatic heterocycles. The lowest BCUT2D eigenvalue weighted by molar-refractivity contribution is -0.223. The molecule has 5 nitrogen and oxygen atoms in total. The largest absolute Gasteiger partial charge is 0.393 e. The van der Waals surface area contributed by atoms with Crippen LogP contribution in [0.2, 0.25) is 0 Å². The molecule has 0 aromatic rings. The van der Waals surface area contributed by atoms with E-state index in [1.807, 2.05) is 19.9 Å². The van der Waals surface area contributed by atoms with Crippen molar-refractivity contribution in [3.63, 3.8) is 0 Å². The molecule has 1 N–H and O–H groups in total. The molecule has 0 unspecified atom stereocenters. The fourth-order valence-electron chi connectivity index (χ4n) is 8.02. The van der Waals surface area contributed by atoms with E-state index in [0.717, 1.165) is 24.8 Å². The Morgan fingerprint density at radius 1 is 1.30 bits per heavy atom. The molecule has 8 atom stereocenters. The Morgan fingerprint density at radius 2 is 2.03 bits per heavy atom. The van der Waals surface area contributed by atoms with Gasteiger partial charge in [-0.15, -0.1) is 11.6 Å². The summed E-state index contributed by atoms with van der Waals surface area (Å²) in [6, 6.07) is 0. The first-order valence-electron chi connectivity index (χ1n) is 11.1. The Bertz CT molecular complexity index is 877. The lowest BCUT2D eigenvalue weighted by Gasteiger charge is -2.59. The number of allylic oxidation sites excluding steroid dienone is 4. The van der Waals surface area contributed by atoms with Crippen LogP contribution in [0.5, 0.6) is 0 Å². The normalized spacial score (nSPS) is 50.9. The van der Waals surface area contributed by atoms with E-state index in [9.17, 15) is 14.7 Å². The SMILES string of the molecule is CC1(C)O[C@@H]2C[C@H]3[C@@H]4CCC5=CC(=O)C=C[C@]5(C)[C@H]4[C@@H](O)C[C@]3(C)[C@]2(C(=O)CCl)O1. The average molecular weight is 435 g/mol. The standard InChI is InChI=1S/C24H31ClO5/c1-21(2)29-19-10-16-15-6-5-13-9-14(26)7-8-22(13,3)20(15)17(27)11-23(16,4)24(19,30-21)18(28)12-25/h7-9,15-17,19-20,27H,5-6,10-12H2,1-4H3/t15-,16-,17-,19+,20+,22-,23-,24+/m0/s1. The summed E-state index contributed by atoms with van der Waals surface area (Å²) in [7, 11) is 0. The van der Waals surface area contributed by atoms with Crippen molar-refractivity contribution in [1.29, 1.82) is 0 Å². The number of halogens is 1. The third-order valence-corrected chi connectivity index (χ3v) is 9.27. The van der Waals surface area contributed by atoms with E-state index >= 15 is 0 Å².